The molecule has 0 aromatic heterocycles. The van der Waals surface area contributed by atoms with Gasteiger partial charge in [0.05, 0.1) is 0 Å². The Morgan fingerprint density at radius 3 is 1.69 bits per heavy atom. The van der Waals surface area contributed by atoms with Crippen molar-refractivity contribution < 1.29 is 22.7 Å². The van der Waals surface area contributed by atoms with Crippen molar-refractivity contribution in [2.45, 2.75) is 16.4 Å². The van der Waals surface area contributed by atoms with E-state index in [4.69, 9.17) is 5.11 Å². The van der Waals surface area contributed by atoms with E-state index >= 15 is 0 Å². The summed E-state index contributed by atoms with van der Waals surface area (Å²) in [6, 6.07) is 5.41. The predicted molar refractivity (Wildman–Crippen MR) is 51.9 cm³/mol. The monoisotopic (exact) mass is 276 g/mol. The molecule has 0 spiro atoms. The highest BCUT2D eigenvalue weighted by Gasteiger charge is 2.68. The topological polar surface area (TPSA) is 20.2 Å². The molecular formula is C9H6Cl2F4O. The maximum Gasteiger partial charge on any atom is 0.366 e. The molecule has 0 fully saturated rings. The quantitative estimate of drug-likeness (QED) is 0.661. The lowest BCUT2D eigenvalue weighted by Gasteiger charge is -2.34. The molecule has 7 heteroatoms. The Balaban J connectivity index is 3.39. The summed E-state index contributed by atoms with van der Waals surface area (Å²) >= 11 is 9.08. The van der Waals surface area contributed by atoms with E-state index < -0.39 is 21.9 Å². The van der Waals surface area contributed by atoms with Gasteiger partial charge in [0.15, 0.2) is 0 Å². The fraction of sp³-hybridized carbons (Fsp3) is 0.333. The summed E-state index contributed by atoms with van der Waals surface area (Å²) in [4.78, 5) is 0. The Bertz CT molecular complexity index is 344. The number of alkyl halides is 6. The SMILES string of the molecule is OC(F)(Cl)C(F)(c1ccccc1)C(F)(F)Cl. The predicted octanol–water partition coefficient (Wildman–Crippen LogP) is 3.54. The van der Waals surface area contributed by atoms with Gasteiger partial charge in [-0.3, -0.25) is 0 Å². The third-order valence-electron chi connectivity index (χ3n) is 1.98. The molecule has 0 saturated heterocycles. The number of benzene rings is 1. The molecule has 1 aromatic carbocycles. The van der Waals surface area contributed by atoms with Crippen LogP contribution in [0.2, 0.25) is 0 Å². The summed E-state index contributed by atoms with van der Waals surface area (Å²) in [6.45, 7) is 0. The first kappa shape index (κ1) is 13.5. The highest BCUT2D eigenvalue weighted by atomic mass is 35.5. The van der Waals surface area contributed by atoms with Gasteiger partial charge in [-0.2, -0.15) is 13.2 Å². The molecule has 1 N–H and O–H groups in total. The van der Waals surface area contributed by atoms with Gasteiger partial charge < -0.3 is 5.11 Å². The fourth-order valence-corrected chi connectivity index (χ4v) is 1.69. The van der Waals surface area contributed by atoms with Crippen molar-refractivity contribution in [3.05, 3.63) is 35.9 Å². The van der Waals surface area contributed by atoms with E-state index in [9.17, 15) is 17.6 Å². The molecule has 0 saturated carbocycles. The van der Waals surface area contributed by atoms with Crippen molar-refractivity contribution in [2.75, 3.05) is 0 Å². The van der Waals surface area contributed by atoms with Crippen molar-refractivity contribution >= 4 is 23.2 Å². The summed E-state index contributed by atoms with van der Waals surface area (Å²) in [5.74, 6) is 0. The van der Waals surface area contributed by atoms with Gasteiger partial charge in [0.25, 0.3) is 5.67 Å². The van der Waals surface area contributed by atoms with Crippen molar-refractivity contribution in [3.8, 4) is 0 Å². The molecule has 1 aromatic rings. The minimum Gasteiger partial charge on any atom is -0.347 e. The van der Waals surface area contributed by atoms with E-state index in [0.29, 0.717) is 0 Å². The van der Waals surface area contributed by atoms with Crippen LogP contribution in [-0.2, 0) is 5.67 Å². The number of hydrogen-bond donors (Lipinski definition) is 1. The average Bonchev–Trinajstić information content (AvgIpc) is 2.14. The Morgan fingerprint density at radius 1 is 0.938 bits per heavy atom. The zero-order valence-corrected chi connectivity index (χ0v) is 9.11. The molecule has 0 radical (unpaired) electrons. The third-order valence-corrected chi connectivity index (χ3v) is 2.50. The van der Waals surface area contributed by atoms with E-state index in [1.54, 1.807) is 0 Å². The molecule has 0 aliphatic carbocycles. The van der Waals surface area contributed by atoms with Crippen molar-refractivity contribution in [2.24, 2.45) is 0 Å². The van der Waals surface area contributed by atoms with Crippen LogP contribution in [0.4, 0.5) is 17.6 Å². The van der Waals surface area contributed by atoms with Crippen LogP contribution in [0.5, 0.6) is 0 Å². The first-order valence-electron chi connectivity index (χ1n) is 4.02. The molecule has 2 atom stereocenters. The van der Waals surface area contributed by atoms with Crippen molar-refractivity contribution in [3.63, 3.8) is 0 Å². The Morgan fingerprint density at radius 2 is 1.38 bits per heavy atom. The van der Waals surface area contributed by atoms with E-state index in [-0.39, 0.29) is 0 Å². The van der Waals surface area contributed by atoms with Gasteiger partial charge in [-0.25, -0.2) is 4.39 Å². The van der Waals surface area contributed by atoms with Crippen LogP contribution in [0.15, 0.2) is 30.3 Å². The van der Waals surface area contributed by atoms with Crippen molar-refractivity contribution in [1.82, 2.24) is 0 Å². The Kier molecular flexibility index (Phi) is 3.43. The second-order valence-electron chi connectivity index (χ2n) is 3.06. The molecule has 1 rings (SSSR count). The lowest BCUT2D eigenvalue weighted by atomic mass is 9.95. The lowest BCUT2D eigenvalue weighted by molar-refractivity contribution is -0.212. The Labute approximate surface area is 98.6 Å². The summed E-state index contributed by atoms with van der Waals surface area (Å²) in [5.41, 5.74) is -5.11. The summed E-state index contributed by atoms with van der Waals surface area (Å²) in [6.07, 6.45) is 0. The van der Waals surface area contributed by atoms with Crippen molar-refractivity contribution in [1.29, 1.82) is 0 Å². The van der Waals surface area contributed by atoms with Gasteiger partial charge >= 0.3 is 10.7 Å². The van der Waals surface area contributed by atoms with Crippen LogP contribution in [0.25, 0.3) is 0 Å². The smallest absolute Gasteiger partial charge is 0.347 e. The lowest BCUT2D eigenvalue weighted by Crippen LogP contribution is -2.51. The standard InChI is InChI=1S/C9H6Cl2F4O/c10-8(13,14)7(12,9(11,15)16)6-4-2-1-3-5-6/h1-5,16H. The first-order valence-corrected chi connectivity index (χ1v) is 4.77. The molecule has 0 aliphatic heterocycles. The fourth-order valence-electron chi connectivity index (χ4n) is 1.18. The van der Waals surface area contributed by atoms with E-state index in [1.165, 1.54) is 18.2 Å². The van der Waals surface area contributed by atoms with Crippen LogP contribution >= 0.6 is 23.2 Å². The minimum absolute atomic E-state index is 0.837. The van der Waals surface area contributed by atoms with Gasteiger partial charge in [0.2, 0.25) is 0 Å². The minimum atomic E-state index is -4.71. The van der Waals surface area contributed by atoms with E-state index in [0.717, 1.165) is 12.1 Å². The van der Waals surface area contributed by atoms with E-state index in [2.05, 4.69) is 23.2 Å². The second kappa shape index (κ2) is 4.05. The molecule has 0 heterocycles. The highest BCUT2D eigenvalue weighted by molar-refractivity contribution is 6.26. The molecular weight excluding hydrogens is 271 g/mol. The van der Waals surface area contributed by atoms with Crippen LogP contribution in [-0.4, -0.2) is 15.8 Å². The van der Waals surface area contributed by atoms with Crippen LogP contribution in [0.3, 0.4) is 0 Å². The van der Waals surface area contributed by atoms with Gasteiger partial charge in [-0.1, -0.05) is 30.3 Å². The number of hydrogen-bond acceptors (Lipinski definition) is 1. The molecule has 0 bridgehead atoms. The molecule has 16 heavy (non-hydrogen) atoms. The average molecular weight is 277 g/mol. The number of halogens is 6. The maximum absolute atomic E-state index is 13.9. The van der Waals surface area contributed by atoms with E-state index in [1.807, 2.05) is 0 Å². The van der Waals surface area contributed by atoms with Crippen LogP contribution in [0, 0.1) is 0 Å². The molecule has 90 valence electrons. The molecule has 1 nitrogen and oxygen atoms in total. The Hall–Kier alpha value is -0.520. The zero-order valence-electron chi connectivity index (χ0n) is 7.60. The van der Waals surface area contributed by atoms with Crippen LogP contribution < -0.4 is 0 Å². The maximum atomic E-state index is 13.9. The molecule has 0 aliphatic rings. The number of rotatable bonds is 3. The summed E-state index contributed by atoms with van der Waals surface area (Å²) < 4.78 is 52.6. The van der Waals surface area contributed by atoms with Crippen LogP contribution in [0.1, 0.15) is 5.56 Å². The zero-order chi connectivity index (χ0) is 12.6. The summed E-state index contributed by atoms with van der Waals surface area (Å²) in [5, 5.41) is -0.357. The van der Waals surface area contributed by atoms with Gasteiger partial charge in [-0.15, -0.1) is 0 Å². The van der Waals surface area contributed by atoms with Gasteiger partial charge in [0, 0.05) is 5.56 Å². The second-order valence-corrected chi connectivity index (χ2v) is 4.04. The number of aliphatic hydroxyl groups is 1. The largest absolute Gasteiger partial charge is 0.366 e. The molecule has 2 unspecified atom stereocenters. The molecule has 0 amide bonds. The highest BCUT2D eigenvalue weighted by Crippen LogP contribution is 2.53. The van der Waals surface area contributed by atoms with Gasteiger partial charge in [0.1, 0.15) is 0 Å². The summed E-state index contributed by atoms with van der Waals surface area (Å²) in [7, 11) is 0. The first-order chi connectivity index (χ1) is 7.11. The van der Waals surface area contributed by atoms with Gasteiger partial charge in [-0.05, 0) is 23.2 Å². The third kappa shape index (κ3) is 2.12. The normalized spacial score (nSPS) is 19.9.